The zero-order chi connectivity index (χ0) is 24.4. The maximum atomic E-state index is 5.13. The topological polar surface area (TPSA) is 25.8 Å². The molecular weight excluding hydrogens is 440 g/mol. The predicted molar refractivity (Wildman–Crippen MR) is 151 cm³/mol. The number of nitrogens with zero attached hydrogens (tertiary/aromatic N) is 2. The smallest absolute Gasteiger partial charge is 0.124 e. The van der Waals surface area contributed by atoms with Gasteiger partial charge in [-0.05, 0) is 70.8 Å². The van der Waals surface area contributed by atoms with Crippen molar-refractivity contribution in [3.8, 4) is 0 Å². The lowest BCUT2D eigenvalue weighted by Gasteiger charge is -2.32. The van der Waals surface area contributed by atoms with Gasteiger partial charge in [-0.15, -0.1) is 0 Å². The molecule has 2 nitrogen and oxygen atoms in total. The molecule has 1 aliphatic rings. The first-order chi connectivity index (χ1) is 17.1. The lowest BCUT2D eigenvalue weighted by atomic mass is 9.90. The normalized spacial score (nSPS) is 15.1. The van der Waals surface area contributed by atoms with E-state index in [4.69, 9.17) is 9.97 Å². The van der Waals surface area contributed by atoms with Crippen LogP contribution in [0.1, 0.15) is 47.8 Å². The molecule has 0 aliphatic carbocycles. The molecule has 35 heavy (non-hydrogen) atoms. The molecule has 5 rings (SSSR count). The number of pyridine rings is 2. The number of allylic oxidation sites excluding steroid dienone is 2. The first-order valence-corrected chi connectivity index (χ1v) is 15.0. The van der Waals surface area contributed by atoms with Crippen LogP contribution in [0.2, 0.25) is 12.1 Å². The average molecular weight is 473 g/mol. The number of aryl methyl sites for hydroxylation is 2. The van der Waals surface area contributed by atoms with E-state index in [9.17, 15) is 0 Å². The summed E-state index contributed by atoms with van der Waals surface area (Å²) in [6, 6.07) is 37.0. The summed E-state index contributed by atoms with van der Waals surface area (Å²) < 4.78 is 0. The molecule has 0 atom stereocenters. The van der Waals surface area contributed by atoms with Crippen molar-refractivity contribution in [2.75, 3.05) is 0 Å². The summed E-state index contributed by atoms with van der Waals surface area (Å²) in [6.45, 7) is 8.93. The number of hydrogen-bond acceptors (Lipinski definition) is 2. The highest BCUT2D eigenvalue weighted by Crippen LogP contribution is 2.57. The van der Waals surface area contributed by atoms with E-state index in [1.54, 1.807) is 0 Å². The zero-order valence-corrected chi connectivity index (χ0v) is 22.0. The Morgan fingerprint density at radius 1 is 0.514 bits per heavy atom. The SMILES string of the molecule is CC[Si]1(CC)C(c2cccc(C)n2)=C(c2ccccc2)C(c2ccccc2)=C1c1cccc(C)n1. The third kappa shape index (κ3) is 4.00. The van der Waals surface area contributed by atoms with Crippen molar-refractivity contribution in [2.45, 2.75) is 39.8 Å². The Morgan fingerprint density at radius 2 is 0.914 bits per heavy atom. The van der Waals surface area contributed by atoms with Crippen LogP contribution in [0.15, 0.2) is 97.1 Å². The molecule has 2 aromatic carbocycles. The Hall–Kier alpha value is -3.56. The molecule has 3 heterocycles. The maximum Gasteiger partial charge on any atom is 0.124 e. The Morgan fingerprint density at radius 3 is 1.26 bits per heavy atom. The Labute approximate surface area is 210 Å². The van der Waals surface area contributed by atoms with E-state index in [0.717, 1.165) is 34.9 Å². The monoisotopic (exact) mass is 472 g/mol. The first kappa shape index (κ1) is 23.2. The highest BCUT2D eigenvalue weighted by Gasteiger charge is 2.49. The fraction of sp³-hybridized carbons (Fsp3) is 0.188. The van der Waals surface area contributed by atoms with Crippen molar-refractivity contribution in [3.05, 3.63) is 131 Å². The van der Waals surface area contributed by atoms with E-state index < -0.39 is 8.07 Å². The van der Waals surface area contributed by atoms with Gasteiger partial charge in [0, 0.05) is 11.4 Å². The average Bonchev–Trinajstić information content (AvgIpc) is 3.21. The summed E-state index contributed by atoms with van der Waals surface area (Å²) in [5.41, 5.74) is 9.54. The third-order valence-corrected chi connectivity index (χ3v) is 12.7. The summed E-state index contributed by atoms with van der Waals surface area (Å²) in [5.74, 6) is 0. The van der Waals surface area contributed by atoms with Gasteiger partial charge in [-0.2, -0.15) is 0 Å². The second kappa shape index (κ2) is 9.59. The van der Waals surface area contributed by atoms with Crippen LogP contribution in [-0.4, -0.2) is 18.0 Å². The second-order valence-electron chi connectivity index (χ2n) is 9.35. The highest BCUT2D eigenvalue weighted by molar-refractivity contribution is 7.14. The Kier molecular flexibility index (Phi) is 6.36. The van der Waals surface area contributed by atoms with E-state index in [1.807, 2.05) is 0 Å². The van der Waals surface area contributed by atoms with E-state index >= 15 is 0 Å². The molecule has 0 bridgehead atoms. The molecule has 0 amide bonds. The van der Waals surface area contributed by atoms with E-state index in [2.05, 4.69) is 125 Å². The van der Waals surface area contributed by atoms with Crippen LogP contribution in [0.4, 0.5) is 0 Å². The lowest BCUT2D eigenvalue weighted by molar-refractivity contribution is 1.16. The molecule has 0 unspecified atom stereocenters. The fourth-order valence-corrected chi connectivity index (χ4v) is 10.6. The number of aromatic nitrogens is 2. The number of benzene rings is 2. The first-order valence-electron chi connectivity index (χ1n) is 12.6. The van der Waals surface area contributed by atoms with Crippen LogP contribution in [0.5, 0.6) is 0 Å². The van der Waals surface area contributed by atoms with Crippen LogP contribution in [0.3, 0.4) is 0 Å². The third-order valence-electron chi connectivity index (χ3n) is 7.33. The second-order valence-corrected chi connectivity index (χ2v) is 13.9. The van der Waals surface area contributed by atoms with Crippen LogP contribution >= 0.6 is 0 Å². The largest absolute Gasteiger partial charge is 0.254 e. The standard InChI is InChI=1S/C32H32N2Si/c1-5-35(6-2)31(27-21-13-15-23(3)33-27)29(25-17-9-7-10-18-25)30(26-19-11-8-12-20-26)32(35)28-22-14-16-24(4)34-28/h7-22H,5-6H2,1-4H3. The van der Waals surface area contributed by atoms with E-state index in [-0.39, 0.29) is 0 Å². The molecule has 2 aromatic heterocycles. The van der Waals surface area contributed by atoms with Crippen LogP contribution in [-0.2, 0) is 0 Å². The number of rotatable bonds is 6. The Bertz CT molecular complexity index is 1310. The van der Waals surface area contributed by atoms with Gasteiger partial charge in [0.15, 0.2) is 0 Å². The summed E-state index contributed by atoms with van der Waals surface area (Å²) in [6.07, 6.45) is 0. The van der Waals surface area contributed by atoms with Crippen molar-refractivity contribution in [3.63, 3.8) is 0 Å². The van der Waals surface area contributed by atoms with Crippen molar-refractivity contribution in [2.24, 2.45) is 0 Å². The van der Waals surface area contributed by atoms with Crippen molar-refractivity contribution in [1.82, 2.24) is 9.97 Å². The highest BCUT2D eigenvalue weighted by atomic mass is 28.3. The van der Waals surface area contributed by atoms with Gasteiger partial charge in [-0.1, -0.05) is 98.7 Å². The Balaban J connectivity index is 1.98. The molecule has 0 saturated heterocycles. The number of hydrogen-bond donors (Lipinski definition) is 0. The summed E-state index contributed by atoms with van der Waals surface area (Å²) in [5, 5.41) is 2.91. The molecule has 3 heteroatoms. The summed E-state index contributed by atoms with van der Waals surface area (Å²) >= 11 is 0. The molecule has 0 spiro atoms. The molecule has 4 aromatic rings. The molecule has 0 N–H and O–H groups in total. The minimum absolute atomic E-state index is 1.06. The molecule has 0 saturated carbocycles. The van der Waals surface area contributed by atoms with E-state index in [0.29, 0.717) is 0 Å². The fourth-order valence-electron chi connectivity index (χ4n) is 5.71. The van der Waals surface area contributed by atoms with Gasteiger partial charge in [0.25, 0.3) is 0 Å². The quantitative estimate of drug-likeness (QED) is 0.264. The minimum Gasteiger partial charge on any atom is -0.254 e. The van der Waals surface area contributed by atoms with Crippen molar-refractivity contribution < 1.29 is 0 Å². The van der Waals surface area contributed by atoms with Gasteiger partial charge in [0.2, 0.25) is 0 Å². The molecular formula is C32H32N2Si. The molecule has 174 valence electrons. The zero-order valence-electron chi connectivity index (χ0n) is 21.0. The van der Waals surface area contributed by atoms with Crippen LogP contribution < -0.4 is 0 Å². The summed E-state index contributed by atoms with van der Waals surface area (Å²) in [7, 11) is -2.22. The predicted octanol–water partition coefficient (Wildman–Crippen LogP) is 8.20. The van der Waals surface area contributed by atoms with Gasteiger partial charge in [-0.3, -0.25) is 9.97 Å². The summed E-state index contributed by atoms with van der Waals surface area (Å²) in [4.78, 5) is 10.3. The van der Waals surface area contributed by atoms with Crippen LogP contribution in [0, 0.1) is 13.8 Å². The van der Waals surface area contributed by atoms with Gasteiger partial charge in [-0.25, -0.2) is 0 Å². The minimum atomic E-state index is -2.22. The van der Waals surface area contributed by atoms with Gasteiger partial charge < -0.3 is 0 Å². The van der Waals surface area contributed by atoms with Crippen molar-refractivity contribution in [1.29, 1.82) is 0 Å². The van der Waals surface area contributed by atoms with E-state index in [1.165, 1.54) is 32.7 Å². The molecule has 0 radical (unpaired) electrons. The van der Waals surface area contributed by atoms with Gasteiger partial charge in [0.05, 0.1) is 11.4 Å². The van der Waals surface area contributed by atoms with Crippen molar-refractivity contribution >= 4 is 29.6 Å². The van der Waals surface area contributed by atoms with Gasteiger partial charge in [0.1, 0.15) is 8.07 Å². The maximum absolute atomic E-state index is 5.13. The molecule has 1 aliphatic heterocycles. The lowest BCUT2D eigenvalue weighted by Crippen LogP contribution is -2.36. The van der Waals surface area contributed by atoms with Gasteiger partial charge >= 0.3 is 0 Å². The molecule has 0 fully saturated rings. The van der Waals surface area contributed by atoms with Crippen LogP contribution in [0.25, 0.3) is 21.5 Å².